The fraction of sp³-hybridized carbons (Fsp3) is 0.355. The molecule has 0 aliphatic rings. The highest BCUT2D eigenvalue weighted by Crippen LogP contribution is 2.26. The van der Waals surface area contributed by atoms with Crippen LogP contribution in [-0.2, 0) is 26.2 Å². The monoisotopic (exact) mass is 581 g/mol. The zero-order valence-corrected chi connectivity index (χ0v) is 24.9. The van der Waals surface area contributed by atoms with Crippen LogP contribution in [0, 0.1) is 0 Å². The Kier molecular flexibility index (Phi) is 11.6. The summed E-state index contributed by atoms with van der Waals surface area (Å²) in [7, 11) is -1.10. The highest BCUT2D eigenvalue weighted by molar-refractivity contribution is 7.92. The minimum Gasteiger partial charge on any atom is -0.497 e. The highest BCUT2D eigenvalue weighted by Gasteiger charge is 2.33. The second-order valence-corrected chi connectivity index (χ2v) is 11.3. The minimum atomic E-state index is -4.15. The SMILES string of the molecule is CCCCNC(=O)[C@H](CC)N(Cc1cccc(OC)c1)C(=O)CN(c1ccccc1)S(=O)(=O)c1ccc(OC)cc1. The number of carbonyl (C=O) groups is 2. The molecule has 2 amide bonds. The molecule has 1 atom stereocenters. The Morgan fingerprint density at radius 2 is 1.56 bits per heavy atom. The van der Waals surface area contributed by atoms with Crippen molar-refractivity contribution in [2.45, 2.75) is 50.6 Å². The molecule has 0 aliphatic heterocycles. The Labute approximate surface area is 243 Å². The largest absolute Gasteiger partial charge is 0.497 e. The summed E-state index contributed by atoms with van der Waals surface area (Å²) >= 11 is 0. The molecule has 0 radical (unpaired) electrons. The lowest BCUT2D eigenvalue weighted by molar-refractivity contribution is -0.140. The molecule has 0 heterocycles. The van der Waals surface area contributed by atoms with Crippen molar-refractivity contribution < 1.29 is 27.5 Å². The lowest BCUT2D eigenvalue weighted by Gasteiger charge is -2.33. The molecule has 220 valence electrons. The van der Waals surface area contributed by atoms with Gasteiger partial charge in [0, 0.05) is 13.1 Å². The molecule has 9 nitrogen and oxygen atoms in total. The second kappa shape index (κ2) is 15.1. The van der Waals surface area contributed by atoms with E-state index in [1.165, 1.54) is 24.1 Å². The van der Waals surface area contributed by atoms with Crippen LogP contribution in [0.25, 0.3) is 0 Å². The topological polar surface area (TPSA) is 105 Å². The van der Waals surface area contributed by atoms with Crippen LogP contribution in [0.1, 0.15) is 38.7 Å². The fourth-order valence-electron chi connectivity index (χ4n) is 4.39. The molecule has 0 aromatic heterocycles. The first-order valence-corrected chi connectivity index (χ1v) is 15.1. The second-order valence-electron chi connectivity index (χ2n) is 9.46. The number of nitrogens with zero attached hydrogens (tertiary/aromatic N) is 2. The quantitative estimate of drug-likeness (QED) is 0.263. The van der Waals surface area contributed by atoms with Gasteiger partial charge < -0.3 is 19.7 Å². The Morgan fingerprint density at radius 3 is 2.17 bits per heavy atom. The lowest BCUT2D eigenvalue weighted by atomic mass is 10.1. The van der Waals surface area contributed by atoms with Crippen molar-refractivity contribution in [2.24, 2.45) is 0 Å². The van der Waals surface area contributed by atoms with E-state index in [1.807, 2.05) is 26.0 Å². The van der Waals surface area contributed by atoms with E-state index in [9.17, 15) is 18.0 Å². The van der Waals surface area contributed by atoms with Crippen molar-refractivity contribution >= 4 is 27.5 Å². The van der Waals surface area contributed by atoms with E-state index in [-0.39, 0.29) is 17.3 Å². The van der Waals surface area contributed by atoms with Crippen LogP contribution in [0.2, 0.25) is 0 Å². The average molecular weight is 582 g/mol. The molecule has 3 rings (SSSR count). The van der Waals surface area contributed by atoms with E-state index in [2.05, 4.69) is 5.32 Å². The standard InChI is InChI=1S/C31H39N3O6S/c1-5-7-20-32-31(36)29(6-2)33(22-24-12-11-15-27(21-24)40-4)30(35)23-34(25-13-9-8-10-14-25)41(37,38)28-18-16-26(39-3)17-19-28/h8-19,21,29H,5-7,20,22-23H2,1-4H3,(H,32,36)/t29-/m0/s1. The van der Waals surface area contributed by atoms with Crippen LogP contribution < -0.4 is 19.1 Å². The summed E-state index contributed by atoms with van der Waals surface area (Å²) < 4.78 is 39.4. The van der Waals surface area contributed by atoms with E-state index in [1.54, 1.807) is 61.7 Å². The van der Waals surface area contributed by atoms with Crippen molar-refractivity contribution in [3.8, 4) is 11.5 Å². The number of hydrogen-bond donors (Lipinski definition) is 1. The van der Waals surface area contributed by atoms with Gasteiger partial charge in [0.15, 0.2) is 0 Å². The van der Waals surface area contributed by atoms with Gasteiger partial charge in [0.25, 0.3) is 10.0 Å². The zero-order valence-electron chi connectivity index (χ0n) is 24.1. The number of carbonyl (C=O) groups excluding carboxylic acids is 2. The van der Waals surface area contributed by atoms with Crippen LogP contribution in [0.4, 0.5) is 5.69 Å². The number of amides is 2. The summed E-state index contributed by atoms with van der Waals surface area (Å²) in [6.07, 6.45) is 2.08. The summed E-state index contributed by atoms with van der Waals surface area (Å²) in [5, 5.41) is 2.93. The number of rotatable bonds is 15. The van der Waals surface area contributed by atoms with E-state index >= 15 is 0 Å². The van der Waals surface area contributed by atoms with Crippen molar-refractivity contribution in [2.75, 3.05) is 31.6 Å². The summed E-state index contributed by atoms with van der Waals surface area (Å²) in [6, 6.07) is 20.9. The Morgan fingerprint density at radius 1 is 0.878 bits per heavy atom. The third-order valence-electron chi connectivity index (χ3n) is 6.67. The molecule has 0 spiro atoms. The summed E-state index contributed by atoms with van der Waals surface area (Å²) in [4.78, 5) is 28.8. The van der Waals surface area contributed by atoms with Gasteiger partial charge in [0.05, 0.1) is 24.8 Å². The van der Waals surface area contributed by atoms with Crippen molar-refractivity contribution in [1.29, 1.82) is 0 Å². The minimum absolute atomic E-state index is 0.0126. The maximum Gasteiger partial charge on any atom is 0.264 e. The fourth-order valence-corrected chi connectivity index (χ4v) is 5.81. The molecule has 41 heavy (non-hydrogen) atoms. The molecular formula is C31H39N3O6S. The molecule has 0 unspecified atom stereocenters. The molecule has 0 aliphatic carbocycles. The number of ether oxygens (including phenoxy) is 2. The Hall–Kier alpha value is -4.05. The first-order valence-electron chi connectivity index (χ1n) is 13.7. The number of anilines is 1. The zero-order chi connectivity index (χ0) is 29.8. The smallest absolute Gasteiger partial charge is 0.264 e. The van der Waals surface area contributed by atoms with Gasteiger partial charge in [-0.05, 0) is 66.9 Å². The van der Waals surface area contributed by atoms with E-state index < -0.39 is 28.5 Å². The van der Waals surface area contributed by atoms with Gasteiger partial charge in [-0.15, -0.1) is 0 Å². The van der Waals surface area contributed by atoms with Crippen LogP contribution in [0.5, 0.6) is 11.5 Å². The highest BCUT2D eigenvalue weighted by atomic mass is 32.2. The van der Waals surface area contributed by atoms with Crippen molar-refractivity contribution in [3.63, 3.8) is 0 Å². The van der Waals surface area contributed by atoms with E-state index in [0.717, 1.165) is 22.7 Å². The summed E-state index contributed by atoms with van der Waals surface area (Å²) in [5.41, 5.74) is 1.08. The lowest BCUT2D eigenvalue weighted by Crippen LogP contribution is -2.52. The molecule has 3 aromatic carbocycles. The molecule has 10 heteroatoms. The number of para-hydroxylation sites is 1. The number of nitrogens with one attached hydrogen (secondary N) is 1. The molecule has 0 bridgehead atoms. The first-order chi connectivity index (χ1) is 19.7. The maximum absolute atomic E-state index is 14.1. The van der Waals surface area contributed by atoms with Crippen LogP contribution in [0.3, 0.4) is 0 Å². The molecule has 3 aromatic rings. The molecule has 1 N–H and O–H groups in total. The van der Waals surface area contributed by atoms with Gasteiger partial charge in [-0.1, -0.05) is 50.6 Å². The predicted octanol–water partition coefficient (Wildman–Crippen LogP) is 4.62. The molecule has 0 fully saturated rings. The third-order valence-corrected chi connectivity index (χ3v) is 8.46. The summed E-state index contributed by atoms with van der Waals surface area (Å²) in [5.74, 6) is 0.340. The number of unbranched alkanes of at least 4 members (excludes halogenated alkanes) is 1. The number of hydrogen-bond acceptors (Lipinski definition) is 6. The average Bonchev–Trinajstić information content (AvgIpc) is 3.00. The van der Waals surface area contributed by atoms with Crippen LogP contribution in [-0.4, -0.2) is 58.5 Å². The summed E-state index contributed by atoms with van der Waals surface area (Å²) in [6.45, 7) is 3.96. The molecule has 0 saturated carbocycles. The van der Waals surface area contributed by atoms with Gasteiger partial charge >= 0.3 is 0 Å². The van der Waals surface area contributed by atoms with Gasteiger partial charge in [0.2, 0.25) is 11.8 Å². The van der Waals surface area contributed by atoms with E-state index in [0.29, 0.717) is 30.2 Å². The van der Waals surface area contributed by atoms with Crippen LogP contribution in [0.15, 0.2) is 83.8 Å². The van der Waals surface area contributed by atoms with Gasteiger partial charge in [-0.25, -0.2) is 8.42 Å². The predicted molar refractivity (Wildman–Crippen MR) is 160 cm³/mol. The van der Waals surface area contributed by atoms with Crippen molar-refractivity contribution in [3.05, 3.63) is 84.4 Å². The Bertz CT molecular complexity index is 1380. The van der Waals surface area contributed by atoms with Gasteiger partial charge in [-0.2, -0.15) is 0 Å². The van der Waals surface area contributed by atoms with Crippen molar-refractivity contribution in [1.82, 2.24) is 10.2 Å². The normalized spacial score (nSPS) is 11.8. The maximum atomic E-state index is 14.1. The number of benzene rings is 3. The molecule has 0 saturated heterocycles. The van der Waals surface area contributed by atoms with Crippen LogP contribution >= 0.6 is 0 Å². The van der Waals surface area contributed by atoms with E-state index in [4.69, 9.17) is 9.47 Å². The number of sulfonamides is 1. The number of methoxy groups -OCH3 is 2. The Balaban J connectivity index is 2.02. The van der Waals surface area contributed by atoms with Gasteiger partial charge in [-0.3, -0.25) is 13.9 Å². The first kappa shape index (κ1) is 31.5. The third kappa shape index (κ3) is 8.23. The molecular weight excluding hydrogens is 542 g/mol. The van der Waals surface area contributed by atoms with Gasteiger partial charge in [0.1, 0.15) is 24.1 Å².